The van der Waals surface area contributed by atoms with Crippen LogP contribution in [0.3, 0.4) is 0 Å². The van der Waals surface area contributed by atoms with E-state index in [1.54, 1.807) is 13.8 Å². The van der Waals surface area contributed by atoms with Crippen LogP contribution in [0.5, 0.6) is 0 Å². The van der Waals surface area contributed by atoms with Crippen LogP contribution < -0.4 is 0 Å². The Morgan fingerprint density at radius 2 is 2.00 bits per heavy atom. The van der Waals surface area contributed by atoms with E-state index in [-0.39, 0.29) is 12.5 Å². The highest BCUT2D eigenvalue weighted by Crippen LogP contribution is 2.58. The van der Waals surface area contributed by atoms with Crippen LogP contribution in [0.2, 0.25) is 0 Å². The van der Waals surface area contributed by atoms with Gasteiger partial charge in [-0.05, 0) is 12.3 Å². The topological polar surface area (TPSA) is 57.6 Å². The molecule has 1 N–H and O–H groups in total. The number of nitrogens with zero attached hydrogens (tertiary/aromatic N) is 1. The smallest absolute Gasteiger partial charge is 0.307 e. The minimum Gasteiger partial charge on any atom is -0.481 e. The van der Waals surface area contributed by atoms with E-state index in [1.165, 1.54) is 4.90 Å². The molecule has 4 heteroatoms. The van der Waals surface area contributed by atoms with E-state index in [2.05, 4.69) is 5.92 Å². The molecule has 0 aromatic rings. The Bertz CT molecular complexity index is 354. The van der Waals surface area contributed by atoms with E-state index in [1.807, 2.05) is 6.92 Å². The van der Waals surface area contributed by atoms with Gasteiger partial charge in [0, 0.05) is 6.54 Å². The number of rotatable bonds is 4. The number of aliphatic carboxylic acids is 1. The van der Waals surface area contributed by atoms with Gasteiger partial charge < -0.3 is 10.0 Å². The summed E-state index contributed by atoms with van der Waals surface area (Å²) in [4.78, 5) is 24.5. The van der Waals surface area contributed by atoms with Crippen LogP contribution in [0, 0.1) is 29.6 Å². The fraction of sp³-hybridized carbons (Fsp3) is 0.667. The molecule has 4 nitrogen and oxygen atoms in total. The molecule has 1 saturated carbocycles. The lowest BCUT2D eigenvalue weighted by atomic mass is 10.1. The highest BCUT2D eigenvalue weighted by molar-refractivity contribution is 5.91. The van der Waals surface area contributed by atoms with Gasteiger partial charge in [0.1, 0.15) is 0 Å². The maximum Gasteiger partial charge on any atom is 0.307 e. The number of amides is 1. The Hall–Kier alpha value is -1.50. The summed E-state index contributed by atoms with van der Waals surface area (Å²) in [5.41, 5.74) is -0.453. The molecule has 0 heterocycles. The first-order valence-corrected chi connectivity index (χ1v) is 5.33. The monoisotopic (exact) mass is 223 g/mol. The van der Waals surface area contributed by atoms with Crippen LogP contribution in [0.25, 0.3) is 0 Å². The van der Waals surface area contributed by atoms with Gasteiger partial charge in [0.25, 0.3) is 0 Å². The predicted molar refractivity (Wildman–Crippen MR) is 59.5 cm³/mol. The summed E-state index contributed by atoms with van der Waals surface area (Å²) in [7, 11) is 0. The zero-order chi connectivity index (χ0) is 12.5. The summed E-state index contributed by atoms with van der Waals surface area (Å²) >= 11 is 0. The van der Waals surface area contributed by atoms with E-state index < -0.39 is 23.2 Å². The van der Waals surface area contributed by atoms with Gasteiger partial charge in [-0.1, -0.05) is 19.8 Å². The van der Waals surface area contributed by atoms with Crippen molar-refractivity contribution in [2.45, 2.75) is 20.8 Å². The molecule has 0 spiro atoms. The zero-order valence-corrected chi connectivity index (χ0v) is 9.86. The Morgan fingerprint density at radius 1 is 1.44 bits per heavy atom. The minimum atomic E-state index is -0.903. The minimum absolute atomic E-state index is 0.141. The number of carboxylic acids is 1. The molecule has 0 unspecified atom stereocenters. The maximum atomic E-state index is 12.0. The van der Waals surface area contributed by atoms with Gasteiger partial charge in [-0.3, -0.25) is 9.59 Å². The van der Waals surface area contributed by atoms with Crippen LogP contribution >= 0.6 is 0 Å². The zero-order valence-electron chi connectivity index (χ0n) is 9.86. The molecule has 2 atom stereocenters. The molecule has 1 aliphatic carbocycles. The Balaban J connectivity index is 2.77. The van der Waals surface area contributed by atoms with Crippen LogP contribution in [0.15, 0.2) is 0 Å². The molecule has 0 radical (unpaired) electrons. The first kappa shape index (κ1) is 12.6. The molecule has 0 aromatic heterocycles. The lowest BCUT2D eigenvalue weighted by molar-refractivity contribution is -0.141. The van der Waals surface area contributed by atoms with Gasteiger partial charge in [0.15, 0.2) is 0 Å². The van der Waals surface area contributed by atoms with Crippen molar-refractivity contribution < 1.29 is 14.7 Å². The normalized spacial score (nSPS) is 25.6. The molecule has 1 rings (SSSR count). The lowest BCUT2D eigenvalue weighted by Gasteiger charge is -2.18. The molecular formula is C12H17NO3. The fourth-order valence-corrected chi connectivity index (χ4v) is 2.21. The number of terminal acetylenes is 1. The van der Waals surface area contributed by atoms with Gasteiger partial charge in [-0.15, -0.1) is 6.42 Å². The van der Waals surface area contributed by atoms with E-state index in [0.29, 0.717) is 6.54 Å². The Morgan fingerprint density at radius 3 is 2.31 bits per heavy atom. The first-order chi connectivity index (χ1) is 7.37. The van der Waals surface area contributed by atoms with Crippen molar-refractivity contribution in [1.29, 1.82) is 0 Å². The molecule has 1 fully saturated rings. The second kappa shape index (κ2) is 4.17. The summed E-state index contributed by atoms with van der Waals surface area (Å²) in [6, 6.07) is 0. The third-order valence-corrected chi connectivity index (χ3v) is 3.33. The van der Waals surface area contributed by atoms with E-state index in [9.17, 15) is 9.59 Å². The van der Waals surface area contributed by atoms with E-state index >= 15 is 0 Å². The molecule has 88 valence electrons. The van der Waals surface area contributed by atoms with Crippen LogP contribution in [-0.2, 0) is 9.59 Å². The van der Waals surface area contributed by atoms with Crippen molar-refractivity contribution in [2.24, 2.45) is 17.3 Å². The van der Waals surface area contributed by atoms with Gasteiger partial charge in [-0.25, -0.2) is 0 Å². The van der Waals surface area contributed by atoms with E-state index in [4.69, 9.17) is 11.5 Å². The summed E-state index contributed by atoms with van der Waals surface area (Å²) in [5.74, 6) is 0.359. The van der Waals surface area contributed by atoms with Crippen LogP contribution in [0.4, 0.5) is 0 Å². The maximum absolute atomic E-state index is 12.0. The third kappa shape index (κ3) is 1.90. The largest absolute Gasteiger partial charge is 0.481 e. The third-order valence-electron chi connectivity index (χ3n) is 3.33. The summed E-state index contributed by atoms with van der Waals surface area (Å²) in [5, 5.41) is 8.98. The highest BCUT2D eigenvalue weighted by atomic mass is 16.4. The first-order valence-electron chi connectivity index (χ1n) is 5.33. The van der Waals surface area contributed by atoms with Crippen molar-refractivity contribution in [3.63, 3.8) is 0 Å². The number of carbonyl (C=O) groups is 2. The SMILES string of the molecule is C#CCN(CC)C(=O)[C@H]1[C@@H](C(=O)O)C1(C)C. The van der Waals surface area contributed by atoms with Gasteiger partial charge in [-0.2, -0.15) is 0 Å². The molecule has 1 amide bonds. The van der Waals surface area contributed by atoms with Gasteiger partial charge in [0.2, 0.25) is 5.91 Å². The molecular weight excluding hydrogens is 206 g/mol. The fourth-order valence-electron chi connectivity index (χ4n) is 2.21. The lowest BCUT2D eigenvalue weighted by Crippen LogP contribution is -2.34. The number of hydrogen-bond acceptors (Lipinski definition) is 2. The Kier molecular flexibility index (Phi) is 3.27. The highest BCUT2D eigenvalue weighted by Gasteiger charge is 2.66. The molecule has 0 saturated heterocycles. The summed E-state index contributed by atoms with van der Waals surface area (Å²) < 4.78 is 0. The van der Waals surface area contributed by atoms with Crippen LogP contribution in [0.1, 0.15) is 20.8 Å². The number of carboxylic acid groups (broad SMARTS) is 1. The van der Waals surface area contributed by atoms with Gasteiger partial charge >= 0.3 is 5.97 Å². The average Bonchev–Trinajstić information content (AvgIpc) is 2.77. The van der Waals surface area contributed by atoms with Crippen molar-refractivity contribution >= 4 is 11.9 Å². The summed E-state index contributed by atoms with van der Waals surface area (Å²) in [6.07, 6.45) is 5.17. The molecule has 1 aliphatic rings. The van der Waals surface area contributed by atoms with Crippen molar-refractivity contribution in [1.82, 2.24) is 4.90 Å². The van der Waals surface area contributed by atoms with Crippen LogP contribution in [-0.4, -0.2) is 35.0 Å². The standard InChI is InChI=1S/C12H17NO3/c1-5-7-13(6-2)10(14)8-9(11(15)16)12(8,3)4/h1,8-9H,6-7H2,2-4H3,(H,15,16)/t8-,9+/m1/s1. The second-order valence-electron chi connectivity index (χ2n) is 4.67. The molecule has 0 aliphatic heterocycles. The van der Waals surface area contributed by atoms with Gasteiger partial charge in [0.05, 0.1) is 18.4 Å². The van der Waals surface area contributed by atoms with Crippen molar-refractivity contribution in [3.05, 3.63) is 0 Å². The van der Waals surface area contributed by atoms with Crippen molar-refractivity contribution in [3.8, 4) is 12.3 Å². The number of carbonyl (C=O) groups excluding carboxylic acids is 1. The predicted octanol–water partition coefficient (Wildman–Crippen LogP) is 0.825. The summed E-state index contributed by atoms with van der Waals surface area (Å²) in [6.45, 7) is 6.20. The van der Waals surface area contributed by atoms with Crippen molar-refractivity contribution in [2.75, 3.05) is 13.1 Å². The number of hydrogen-bond donors (Lipinski definition) is 1. The molecule has 0 aromatic carbocycles. The quantitative estimate of drug-likeness (QED) is 0.718. The second-order valence-corrected chi connectivity index (χ2v) is 4.67. The van der Waals surface area contributed by atoms with E-state index in [0.717, 1.165) is 0 Å². The average molecular weight is 223 g/mol. The Labute approximate surface area is 95.6 Å². The molecule has 16 heavy (non-hydrogen) atoms. The molecule has 0 bridgehead atoms.